The molecule has 19 heavy (non-hydrogen) atoms. The van der Waals surface area contributed by atoms with Gasteiger partial charge in [-0.15, -0.1) is 0 Å². The molecule has 0 N–H and O–H groups in total. The summed E-state index contributed by atoms with van der Waals surface area (Å²) >= 11 is 0. The van der Waals surface area contributed by atoms with Crippen molar-refractivity contribution in [3.63, 3.8) is 0 Å². The van der Waals surface area contributed by atoms with E-state index in [2.05, 4.69) is 6.92 Å². The summed E-state index contributed by atoms with van der Waals surface area (Å²) in [6.45, 7) is 8.36. The Kier molecular flexibility index (Phi) is 3.74. The number of rotatable bonds is 0. The summed E-state index contributed by atoms with van der Waals surface area (Å²) in [6, 6.07) is 0.463. The molecule has 2 saturated heterocycles. The molecular formula is C14H24N2O3. The van der Waals surface area contributed by atoms with Crippen LogP contribution >= 0.6 is 0 Å². The lowest BCUT2D eigenvalue weighted by Crippen LogP contribution is -2.62. The van der Waals surface area contributed by atoms with Crippen LogP contribution in [0, 0.1) is 0 Å². The molecule has 0 aromatic carbocycles. The van der Waals surface area contributed by atoms with E-state index in [9.17, 15) is 9.59 Å². The second kappa shape index (κ2) is 5.02. The molecule has 2 atom stereocenters. The van der Waals surface area contributed by atoms with Crippen molar-refractivity contribution >= 4 is 12.0 Å². The maximum Gasteiger partial charge on any atom is 0.410 e. The maximum absolute atomic E-state index is 12.2. The van der Waals surface area contributed by atoms with E-state index in [0.29, 0.717) is 12.6 Å². The summed E-state index contributed by atoms with van der Waals surface area (Å²) < 4.78 is 5.35. The van der Waals surface area contributed by atoms with Gasteiger partial charge in [0.15, 0.2) is 0 Å². The summed E-state index contributed by atoms with van der Waals surface area (Å²) in [7, 11) is 0. The molecule has 2 aliphatic heterocycles. The minimum absolute atomic E-state index is 0.0503. The first kappa shape index (κ1) is 14.2. The van der Waals surface area contributed by atoms with E-state index in [1.807, 2.05) is 25.7 Å². The van der Waals surface area contributed by atoms with Gasteiger partial charge in [-0.2, -0.15) is 0 Å². The van der Waals surface area contributed by atoms with Crippen molar-refractivity contribution in [3.05, 3.63) is 0 Å². The van der Waals surface area contributed by atoms with Gasteiger partial charge in [0, 0.05) is 18.6 Å². The van der Waals surface area contributed by atoms with Crippen molar-refractivity contribution in [2.24, 2.45) is 0 Å². The lowest BCUT2D eigenvalue weighted by Gasteiger charge is -2.47. The molecule has 2 aliphatic rings. The smallest absolute Gasteiger partial charge is 0.410 e. The van der Waals surface area contributed by atoms with E-state index in [1.165, 1.54) is 0 Å². The molecule has 2 rings (SSSR count). The van der Waals surface area contributed by atoms with Crippen LogP contribution in [0.25, 0.3) is 0 Å². The summed E-state index contributed by atoms with van der Waals surface area (Å²) in [5, 5.41) is 0. The zero-order valence-electron chi connectivity index (χ0n) is 12.3. The van der Waals surface area contributed by atoms with Gasteiger partial charge < -0.3 is 9.64 Å². The molecule has 0 spiro atoms. The Bertz CT molecular complexity index is 375. The Morgan fingerprint density at radius 3 is 2.63 bits per heavy atom. The van der Waals surface area contributed by atoms with Crippen LogP contribution in [0.4, 0.5) is 4.79 Å². The van der Waals surface area contributed by atoms with E-state index in [-0.39, 0.29) is 24.6 Å². The molecule has 0 bridgehead atoms. The third-order valence-electron chi connectivity index (χ3n) is 3.72. The molecular weight excluding hydrogens is 244 g/mol. The molecule has 0 saturated carbocycles. The Labute approximate surface area is 114 Å². The molecule has 2 heterocycles. The molecule has 108 valence electrons. The van der Waals surface area contributed by atoms with Gasteiger partial charge in [-0.3, -0.25) is 9.69 Å². The lowest BCUT2D eigenvalue weighted by atomic mass is 9.94. The molecule has 5 heteroatoms. The molecule has 0 unspecified atom stereocenters. The van der Waals surface area contributed by atoms with Gasteiger partial charge >= 0.3 is 6.09 Å². The van der Waals surface area contributed by atoms with Crippen LogP contribution < -0.4 is 0 Å². The highest BCUT2D eigenvalue weighted by atomic mass is 16.6. The SMILES string of the molecule is C[C@@H]1CCC[C@H]2CN(C(=O)OC(C)(C)C)CC(=O)N21. The van der Waals surface area contributed by atoms with E-state index in [1.54, 1.807) is 4.90 Å². The molecule has 2 amide bonds. The third-order valence-corrected chi connectivity index (χ3v) is 3.72. The Morgan fingerprint density at radius 1 is 1.32 bits per heavy atom. The Morgan fingerprint density at radius 2 is 2.00 bits per heavy atom. The monoisotopic (exact) mass is 268 g/mol. The number of hydrogen-bond donors (Lipinski definition) is 0. The largest absolute Gasteiger partial charge is 0.444 e. The first-order chi connectivity index (χ1) is 8.78. The molecule has 0 aliphatic carbocycles. The van der Waals surface area contributed by atoms with Crippen molar-refractivity contribution in [1.29, 1.82) is 0 Å². The number of amides is 2. The van der Waals surface area contributed by atoms with E-state index < -0.39 is 5.60 Å². The number of carbonyl (C=O) groups is 2. The number of hydrogen-bond acceptors (Lipinski definition) is 3. The zero-order chi connectivity index (χ0) is 14.2. The number of piperazine rings is 1. The fourth-order valence-electron chi connectivity index (χ4n) is 2.95. The number of carbonyl (C=O) groups excluding carboxylic acids is 2. The predicted octanol–water partition coefficient (Wildman–Crippen LogP) is 2.01. The Balaban J connectivity index is 2.03. The van der Waals surface area contributed by atoms with Gasteiger partial charge in [0.1, 0.15) is 12.1 Å². The summed E-state index contributed by atoms with van der Waals surface area (Å²) in [5.41, 5.74) is -0.517. The summed E-state index contributed by atoms with van der Waals surface area (Å²) in [5.74, 6) is 0.0503. The van der Waals surface area contributed by atoms with Crippen molar-refractivity contribution in [1.82, 2.24) is 9.80 Å². The fraction of sp³-hybridized carbons (Fsp3) is 0.857. The first-order valence-corrected chi connectivity index (χ1v) is 7.07. The van der Waals surface area contributed by atoms with Crippen LogP contribution in [0.2, 0.25) is 0 Å². The molecule has 0 aromatic rings. The average Bonchev–Trinajstić information content (AvgIpc) is 2.26. The highest BCUT2D eigenvalue weighted by molar-refractivity contribution is 5.84. The van der Waals surface area contributed by atoms with Crippen LogP contribution in [-0.4, -0.2) is 52.6 Å². The van der Waals surface area contributed by atoms with Crippen LogP contribution in [0.1, 0.15) is 47.0 Å². The highest BCUT2D eigenvalue weighted by Crippen LogP contribution is 2.27. The number of piperidine rings is 1. The van der Waals surface area contributed by atoms with E-state index in [0.717, 1.165) is 19.3 Å². The van der Waals surface area contributed by atoms with Crippen molar-refractivity contribution in [2.75, 3.05) is 13.1 Å². The Hall–Kier alpha value is -1.26. The van der Waals surface area contributed by atoms with Crippen molar-refractivity contribution in [3.8, 4) is 0 Å². The number of nitrogens with zero attached hydrogens (tertiary/aromatic N) is 2. The molecule has 0 radical (unpaired) electrons. The quantitative estimate of drug-likeness (QED) is 0.675. The van der Waals surface area contributed by atoms with Crippen LogP contribution in [-0.2, 0) is 9.53 Å². The highest BCUT2D eigenvalue weighted by Gasteiger charge is 2.40. The first-order valence-electron chi connectivity index (χ1n) is 7.07. The fourth-order valence-corrected chi connectivity index (χ4v) is 2.95. The standard InChI is InChI=1S/C14H24N2O3/c1-10-6-5-7-11-8-15(9-12(17)16(10)11)13(18)19-14(2,3)4/h10-11H,5-9H2,1-4H3/t10-,11+/m1/s1. The normalized spacial score (nSPS) is 28.1. The average molecular weight is 268 g/mol. The van der Waals surface area contributed by atoms with E-state index >= 15 is 0 Å². The second-order valence-electron chi connectivity index (χ2n) is 6.60. The summed E-state index contributed by atoms with van der Waals surface area (Å²) in [4.78, 5) is 27.8. The van der Waals surface area contributed by atoms with Crippen LogP contribution in [0.5, 0.6) is 0 Å². The minimum Gasteiger partial charge on any atom is -0.444 e. The zero-order valence-corrected chi connectivity index (χ0v) is 12.3. The maximum atomic E-state index is 12.2. The lowest BCUT2D eigenvalue weighted by molar-refractivity contribution is -0.144. The second-order valence-corrected chi connectivity index (χ2v) is 6.60. The van der Waals surface area contributed by atoms with Gasteiger partial charge in [0.2, 0.25) is 5.91 Å². The van der Waals surface area contributed by atoms with E-state index in [4.69, 9.17) is 4.74 Å². The van der Waals surface area contributed by atoms with Gasteiger partial charge in [-0.25, -0.2) is 4.79 Å². The topological polar surface area (TPSA) is 49.9 Å². The van der Waals surface area contributed by atoms with Crippen molar-refractivity contribution < 1.29 is 14.3 Å². The number of ether oxygens (including phenoxy) is 1. The van der Waals surface area contributed by atoms with Crippen LogP contribution in [0.3, 0.4) is 0 Å². The molecule has 5 nitrogen and oxygen atoms in total. The van der Waals surface area contributed by atoms with Gasteiger partial charge in [0.05, 0.1) is 0 Å². The minimum atomic E-state index is -0.517. The predicted molar refractivity (Wildman–Crippen MR) is 71.8 cm³/mol. The van der Waals surface area contributed by atoms with Gasteiger partial charge in [-0.1, -0.05) is 0 Å². The third kappa shape index (κ3) is 3.19. The van der Waals surface area contributed by atoms with Crippen molar-refractivity contribution in [2.45, 2.75) is 64.6 Å². The van der Waals surface area contributed by atoms with Gasteiger partial charge in [0.25, 0.3) is 0 Å². The summed E-state index contributed by atoms with van der Waals surface area (Å²) in [6.07, 6.45) is 2.79. The number of fused-ring (bicyclic) bond motifs is 1. The molecule has 2 fully saturated rings. The molecule has 0 aromatic heterocycles. The van der Waals surface area contributed by atoms with Gasteiger partial charge in [-0.05, 0) is 47.0 Å². The van der Waals surface area contributed by atoms with Crippen LogP contribution in [0.15, 0.2) is 0 Å².